The van der Waals surface area contributed by atoms with Crippen LogP contribution < -0.4 is 16.2 Å². The number of aliphatic imine (C=N–C) groups is 1. The lowest BCUT2D eigenvalue weighted by molar-refractivity contribution is 0.0999. The highest BCUT2D eigenvalue weighted by molar-refractivity contribution is 7.90. The van der Waals surface area contributed by atoms with Gasteiger partial charge in [-0.05, 0) is 18.1 Å². The first kappa shape index (κ1) is 16.0. The fraction of sp³-hybridized carbons (Fsp3) is 0.333. The van der Waals surface area contributed by atoms with Gasteiger partial charge in [0.2, 0.25) is 0 Å². The Balaban J connectivity index is 3.67. The number of hydrogen-bond donors (Lipinski definition) is 2. The van der Waals surface area contributed by atoms with Gasteiger partial charge in [-0.3, -0.25) is 4.79 Å². The van der Waals surface area contributed by atoms with E-state index in [1.54, 1.807) is 13.0 Å². The van der Waals surface area contributed by atoms with Crippen LogP contribution in [0.3, 0.4) is 0 Å². The molecule has 8 heteroatoms. The van der Waals surface area contributed by atoms with E-state index in [0.717, 1.165) is 6.26 Å². The van der Waals surface area contributed by atoms with Gasteiger partial charge < -0.3 is 16.2 Å². The molecule has 0 spiro atoms. The van der Waals surface area contributed by atoms with E-state index in [1.165, 1.54) is 13.2 Å². The number of amides is 1. The van der Waals surface area contributed by atoms with Crippen LogP contribution >= 0.6 is 0 Å². The molecule has 1 amide bonds. The highest BCUT2D eigenvalue weighted by Gasteiger charge is 2.24. The molecule has 7 nitrogen and oxygen atoms in total. The molecule has 0 saturated heterocycles. The van der Waals surface area contributed by atoms with Crippen LogP contribution in [0.1, 0.15) is 22.8 Å². The maximum absolute atomic E-state index is 11.9. The number of carbonyl (C=O) groups excluding carboxylic acids is 1. The fourth-order valence-corrected chi connectivity index (χ4v) is 3.06. The second-order valence-corrected chi connectivity index (χ2v) is 6.05. The van der Waals surface area contributed by atoms with Crippen LogP contribution in [-0.4, -0.2) is 33.7 Å². The molecule has 0 bridgehead atoms. The summed E-state index contributed by atoms with van der Waals surface area (Å²) in [6.45, 7) is 1.81. The number of guanidine groups is 1. The van der Waals surface area contributed by atoms with Crippen molar-refractivity contribution in [1.82, 2.24) is 0 Å². The molecule has 0 heterocycles. The van der Waals surface area contributed by atoms with E-state index in [0.29, 0.717) is 12.0 Å². The minimum Gasteiger partial charge on any atom is -0.495 e. The molecule has 1 aromatic rings. The van der Waals surface area contributed by atoms with Crippen molar-refractivity contribution in [2.24, 2.45) is 16.5 Å². The van der Waals surface area contributed by atoms with Gasteiger partial charge in [0.05, 0.1) is 12.7 Å². The largest absolute Gasteiger partial charge is 0.495 e. The minimum absolute atomic E-state index is 0.00137. The van der Waals surface area contributed by atoms with E-state index >= 15 is 0 Å². The van der Waals surface area contributed by atoms with E-state index in [-0.39, 0.29) is 16.2 Å². The Labute approximate surface area is 117 Å². The zero-order valence-electron chi connectivity index (χ0n) is 11.5. The molecule has 0 unspecified atom stereocenters. The SMILES string of the molecule is CCc1ccc(C(=O)N=C(N)N)c(OC)c1S(C)(=O)=O. The lowest BCUT2D eigenvalue weighted by Gasteiger charge is -2.14. The quantitative estimate of drug-likeness (QED) is 0.599. The number of carbonyl (C=O) groups is 1. The summed E-state index contributed by atoms with van der Waals surface area (Å²) in [5.74, 6) is -1.20. The normalized spacial score (nSPS) is 10.9. The number of nitrogens with zero attached hydrogens (tertiary/aromatic N) is 1. The van der Waals surface area contributed by atoms with Crippen molar-refractivity contribution in [3.8, 4) is 5.75 Å². The lowest BCUT2D eigenvalue weighted by atomic mass is 10.1. The molecule has 0 aliphatic carbocycles. The van der Waals surface area contributed by atoms with Crippen molar-refractivity contribution in [2.75, 3.05) is 13.4 Å². The number of benzene rings is 1. The number of nitrogens with two attached hydrogens (primary N) is 2. The molecule has 0 fully saturated rings. The maximum Gasteiger partial charge on any atom is 0.283 e. The van der Waals surface area contributed by atoms with Crippen LogP contribution in [0.15, 0.2) is 22.0 Å². The smallest absolute Gasteiger partial charge is 0.283 e. The number of methoxy groups -OCH3 is 1. The van der Waals surface area contributed by atoms with Crippen LogP contribution in [0.2, 0.25) is 0 Å². The number of sulfone groups is 1. The second kappa shape index (κ2) is 5.91. The summed E-state index contributed by atoms with van der Waals surface area (Å²) in [7, 11) is -2.27. The van der Waals surface area contributed by atoms with Gasteiger partial charge in [0.25, 0.3) is 5.91 Å². The molecule has 1 aromatic carbocycles. The van der Waals surface area contributed by atoms with Crippen molar-refractivity contribution in [2.45, 2.75) is 18.2 Å². The molecule has 0 saturated carbocycles. The van der Waals surface area contributed by atoms with E-state index in [1.807, 2.05) is 0 Å². The average Bonchev–Trinajstić information content (AvgIpc) is 2.34. The molecule has 1 rings (SSSR count). The molecule has 20 heavy (non-hydrogen) atoms. The number of hydrogen-bond acceptors (Lipinski definition) is 4. The molecular weight excluding hydrogens is 282 g/mol. The average molecular weight is 299 g/mol. The van der Waals surface area contributed by atoms with Crippen molar-refractivity contribution < 1.29 is 17.9 Å². The van der Waals surface area contributed by atoms with Crippen molar-refractivity contribution >= 4 is 21.7 Å². The molecule has 0 aliphatic rings. The molecule has 4 N–H and O–H groups in total. The summed E-state index contributed by atoms with van der Waals surface area (Å²) in [6, 6.07) is 3.00. The van der Waals surface area contributed by atoms with Gasteiger partial charge in [0.1, 0.15) is 4.90 Å². The van der Waals surface area contributed by atoms with Gasteiger partial charge in [-0.2, -0.15) is 4.99 Å². The van der Waals surface area contributed by atoms with Crippen LogP contribution in [-0.2, 0) is 16.3 Å². The Morgan fingerprint density at radius 2 is 1.95 bits per heavy atom. The van der Waals surface area contributed by atoms with Crippen molar-refractivity contribution in [3.05, 3.63) is 23.3 Å². The van der Waals surface area contributed by atoms with Crippen LogP contribution in [0.25, 0.3) is 0 Å². The molecular formula is C12H17N3O4S. The maximum atomic E-state index is 11.9. The Kier molecular flexibility index (Phi) is 4.72. The minimum atomic E-state index is -3.56. The van der Waals surface area contributed by atoms with Gasteiger partial charge in [-0.15, -0.1) is 0 Å². The summed E-state index contributed by atoms with van der Waals surface area (Å²) < 4.78 is 28.9. The Bertz CT molecular complexity index is 662. The highest BCUT2D eigenvalue weighted by Crippen LogP contribution is 2.32. The Morgan fingerprint density at radius 3 is 2.35 bits per heavy atom. The number of rotatable bonds is 4. The van der Waals surface area contributed by atoms with E-state index in [2.05, 4.69) is 4.99 Å². The third-order valence-electron chi connectivity index (χ3n) is 2.61. The molecule has 0 aromatic heterocycles. The second-order valence-electron chi connectivity index (χ2n) is 4.10. The van der Waals surface area contributed by atoms with E-state index < -0.39 is 21.7 Å². The van der Waals surface area contributed by atoms with Crippen LogP contribution in [0.5, 0.6) is 5.75 Å². The summed E-state index contributed by atoms with van der Waals surface area (Å²) in [5.41, 5.74) is 10.9. The summed E-state index contributed by atoms with van der Waals surface area (Å²) >= 11 is 0. The number of ether oxygens (including phenoxy) is 1. The summed E-state index contributed by atoms with van der Waals surface area (Å²) in [6.07, 6.45) is 1.54. The monoisotopic (exact) mass is 299 g/mol. The molecule has 0 radical (unpaired) electrons. The predicted molar refractivity (Wildman–Crippen MR) is 75.6 cm³/mol. The molecule has 110 valence electrons. The number of aryl methyl sites for hydroxylation is 1. The first-order valence-electron chi connectivity index (χ1n) is 5.76. The zero-order chi connectivity index (χ0) is 15.5. The van der Waals surface area contributed by atoms with Gasteiger partial charge in [0, 0.05) is 6.26 Å². The van der Waals surface area contributed by atoms with Crippen LogP contribution in [0, 0.1) is 0 Å². The van der Waals surface area contributed by atoms with Gasteiger partial charge in [0.15, 0.2) is 21.5 Å². The van der Waals surface area contributed by atoms with Gasteiger partial charge >= 0.3 is 0 Å². The fourth-order valence-electron chi connectivity index (χ4n) is 1.84. The summed E-state index contributed by atoms with van der Waals surface area (Å²) in [5, 5.41) is 0. The van der Waals surface area contributed by atoms with Crippen molar-refractivity contribution in [1.29, 1.82) is 0 Å². The topological polar surface area (TPSA) is 125 Å². The van der Waals surface area contributed by atoms with Crippen LogP contribution in [0.4, 0.5) is 0 Å². The lowest BCUT2D eigenvalue weighted by Crippen LogP contribution is -2.24. The summed E-state index contributed by atoms with van der Waals surface area (Å²) in [4.78, 5) is 15.3. The molecule has 0 aliphatic heterocycles. The Morgan fingerprint density at radius 1 is 1.35 bits per heavy atom. The van der Waals surface area contributed by atoms with E-state index in [4.69, 9.17) is 16.2 Å². The van der Waals surface area contributed by atoms with Gasteiger partial charge in [-0.25, -0.2) is 8.42 Å². The first-order valence-corrected chi connectivity index (χ1v) is 7.65. The predicted octanol–water partition coefficient (Wildman–Crippen LogP) is 0.0747. The van der Waals surface area contributed by atoms with Gasteiger partial charge in [-0.1, -0.05) is 13.0 Å². The molecule has 0 atom stereocenters. The third-order valence-corrected chi connectivity index (χ3v) is 3.80. The standard InChI is InChI=1S/C12H17N3O4S/c1-4-7-5-6-8(11(16)15-12(13)14)9(19-2)10(7)20(3,17)18/h5-6H,4H2,1-3H3,(H4,13,14,15,16). The van der Waals surface area contributed by atoms with Crippen molar-refractivity contribution in [3.63, 3.8) is 0 Å². The third kappa shape index (κ3) is 3.27. The first-order chi connectivity index (χ1) is 9.22. The Hall–Kier alpha value is -2.09. The highest BCUT2D eigenvalue weighted by atomic mass is 32.2. The van der Waals surface area contributed by atoms with E-state index in [9.17, 15) is 13.2 Å². The zero-order valence-corrected chi connectivity index (χ0v) is 12.3.